The lowest BCUT2D eigenvalue weighted by Crippen LogP contribution is -2.37. The van der Waals surface area contributed by atoms with E-state index in [1.807, 2.05) is 49.1 Å². The van der Waals surface area contributed by atoms with E-state index in [2.05, 4.69) is 20.8 Å². The minimum Gasteiger partial charge on any atom is -0.382 e. The average Bonchev–Trinajstić information content (AvgIpc) is 2.70. The molecule has 0 bridgehead atoms. The van der Waals surface area contributed by atoms with Crippen LogP contribution in [-0.2, 0) is 22.1 Å². The fourth-order valence-corrected chi connectivity index (χ4v) is 3.54. The summed E-state index contributed by atoms with van der Waals surface area (Å²) in [4.78, 5) is 15.1. The molecule has 0 fully saturated rings. The van der Waals surface area contributed by atoms with E-state index in [1.54, 1.807) is 18.2 Å². The molecule has 5 nitrogen and oxygen atoms in total. The van der Waals surface area contributed by atoms with E-state index < -0.39 is 10.1 Å². The van der Waals surface area contributed by atoms with Crippen molar-refractivity contribution in [3.05, 3.63) is 65.2 Å². The van der Waals surface area contributed by atoms with E-state index in [1.165, 1.54) is 12.5 Å². The second-order valence-electron chi connectivity index (χ2n) is 8.59. The predicted octanol–water partition coefficient (Wildman–Crippen LogP) is 5.15. The van der Waals surface area contributed by atoms with E-state index >= 15 is 0 Å². The molecule has 30 heavy (non-hydrogen) atoms. The van der Waals surface area contributed by atoms with Gasteiger partial charge in [0.1, 0.15) is 5.75 Å². The van der Waals surface area contributed by atoms with Crippen molar-refractivity contribution in [2.24, 2.45) is 0 Å². The van der Waals surface area contributed by atoms with Crippen molar-refractivity contribution >= 4 is 16.0 Å². The van der Waals surface area contributed by atoms with Gasteiger partial charge in [0.2, 0.25) is 0 Å². The molecule has 0 aliphatic rings. The normalized spacial score (nSPS) is 13.0. The Labute approximate surface area is 181 Å². The Balaban J connectivity index is 2.27. The Morgan fingerprint density at radius 3 is 2.23 bits per heavy atom. The molecule has 0 spiro atoms. The molecule has 2 aromatic rings. The molecule has 0 aromatic heterocycles. The Hall–Kier alpha value is -2.34. The van der Waals surface area contributed by atoms with Crippen molar-refractivity contribution < 1.29 is 17.4 Å². The zero-order chi connectivity index (χ0) is 22.5. The van der Waals surface area contributed by atoms with Gasteiger partial charge in [-0.25, -0.2) is 0 Å². The van der Waals surface area contributed by atoms with E-state index in [4.69, 9.17) is 4.18 Å². The molecular formula is C24H33NO4S. The second-order valence-corrected chi connectivity index (χ2v) is 10.5. The Morgan fingerprint density at radius 2 is 1.70 bits per heavy atom. The third-order valence-corrected chi connectivity index (χ3v) is 6.36. The number of benzene rings is 2. The van der Waals surface area contributed by atoms with Crippen LogP contribution in [0.25, 0.3) is 0 Å². The van der Waals surface area contributed by atoms with Gasteiger partial charge in [0.15, 0.2) is 0 Å². The van der Waals surface area contributed by atoms with Crippen molar-refractivity contribution in [1.29, 1.82) is 0 Å². The van der Waals surface area contributed by atoms with E-state index in [0.717, 1.165) is 12.0 Å². The molecule has 1 atom stereocenters. The zero-order valence-corrected chi connectivity index (χ0v) is 19.6. The van der Waals surface area contributed by atoms with Gasteiger partial charge in [-0.05, 0) is 61.1 Å². The molecule has 2 rings (SSSR count). The number of rotatable bonds is 8. The molecule has 2 aromatic carbocycles. The fourth-order valence-electron chi connectivity index (χ4n) is 3.02. The van der Waals surface area contributed by atoms with Gasteiger partial charge in [-0.3, -0.25) is 4.79 Å². The minimum absolute atomic E-state index is 0.0250. The summed E-state index contributed by atoms with van der Waals surface area (Å²) in [5, 5.41) is 0. The molecule has 0 aliphatic heterocycles. The van der Waals surface area contributed by atoms with Crippen LogP contribution in [0.3, 0.4) is 0 Å². The lowest BCUT2D eigenvalue weighted by atomic mass is 9.86. The highest BCUT2D eigenvalue weighted by Gasteiger charge is 2.22. The smallest absolute Gasteiger partial charge is 0.308 e. The van der Waals surface area contributed by atoms with Crippen molar-refractivity contribution in [3.8, 4) is 5.75 Å². The number of hydrogen-bond donors (Lipinski definition) is 0. The number of nitrogens with zero attached hydrogens (tertiary/aromatic N) is 1. The van der Waals surface area contributed by atoms with Crippen LogP contribution in [0.5, 0.6) is 5.75 Å². The van der Waals surface area contributed by atoms with Gasteiger partial charge in [-0.1, -0.05) is 52.0 Å². The summed E-state index contributed by atoms with van der Waals surface area (Å²) in [7, 11) is -3.59. The monoisotopic (exact) mass is 431 g/mol. The van der Waals surface area contributed by atoms with Gasteiger partial charge in [0.25, 0.3) is 5.91 Å². The van der Waals surface area contributed by atoms with Crippen LogP contribution in [0.2, 0.25) is 0 Å². The summed E-state index contributed by atoms with van der Waals surface area (Å²) in [6.45, 7) is 12.4. The van der Waals surface area contributed by atoms with Crippen LogP contribution in [-0.4, -0.2) is 31.0 Å². The fraction of sp³-hybridized carbons (Fsp3) is 0.458. The van der Waals surface area contributed by atoms with Gasteiger partial charge in [-0.2, -0.15) is 8.42 Å². The van der Waals surface area contributed by atoms with E-state index in [9.17, 15) is 13.2 Å². The van der Waals surface area contributed by atoms with Crippen LogP contribution in [0.1, 0.15) is 69.4 Å². The van der Waals surface area contributed by atoms with Crippen molar-refractivity contribution in [1.82, 2.24) is 4.90 Å². The Morgan fingerprint density at radius 1 is 1.07 bits per heavy atom. The highest BCUT2D eigenvalue weighted by atomic mass is 32.2. The topological polar surface area (TPSA) is 63.7 Å². The lowest BCUT2D eigenvalue weighted by molar-refractivity contribution is 0.0671. The van der Waals surface area contributed by atoms with Gasteiger partial charge >= 0.3 is 10.1 Å². The number of carbonyl (C=O) groups is 1. The molecule has 0 N–H and O–H groups in total. The van der Waals surface area contributed by atoms with E-state index in [-0.39, 0.29) is 28.9 Å². The molecule has 164 valence electrons. The molecule has 0 heterocycles. The molecule has 0 radical (unpaired) electrons. The van der Waals surface area contributed by atoms with Gasteiger partial charge in [0.05, 0.1) is 5.75 Å². The first-order chi connectivity index (χ1) is 14.0. The summed E-state index contributed by atoms with van der Waals surface area (Å²) in [5.41, 5.74) is 2.66. The van der Waals surface area contributed by atoms with Crippen LogP contribution in [0, 0.1) is 0 Å². The average molecular weight is 432 g/mol. The first-order valence-corrected chi connectivity index (χ1v) is 12.0. The third-order valence-electron chi connectivity index (χ3n) is 5.21. The molecule has 0 aliphatic carbocycles. The quantitative estimate of drug-likeness (QED) is 0.542. The standard InChI is InChI=1S/C24H33NO4S/c1-7-18(3)25(23(26)20-12-14-21(15-13-20)24(4,5)6)17-19-10-9-11-22(16-19)29-30(27,28)8-2/h9-16,18H,7-8,17H2,1-6H3. The zero-order valence-electron chi connectivity index (χ0n) is 18.8. The maximum absolute atomic E-state index is 13.3. The maximum Gasteiger partial charge on any atom is 0.308 e. The molecule has 1 unspecified atom stereocenters. The van der Waals surface area contributed by atoms with Crippen molar-refractivity contribution in [3.63, 3.8) is 0 Å². The van der Waals surface area contributed by atoms with Gasteiger partial charge < -0.3 is 9.08 Å². The number of carbonyl (C=O) groups excluding carboxylic acids is 1. The van der Waals surface area contributed by atoms with E-state index in [0.29, 0.717) is 12.1 Å². The van der Waals surface area contributed by atoms with Crippen molar-refractivity contribution in [2.45, 2.75) is 66.0 Å². The third kappa shape index (κ3) is 6.33. The van der Waals surface area contributed by atoms with Gasteiger partial charge in [0, 0.05) is 18.2 Å². The van der Waals surface area contributed by atoms with Crippen LogP contribution in [0.15, 0.2) is 48.5 Å². The summed E-state index contributed by atoms with van der Waals surface area (Å²) in [6, 6.07) is 14.7. The summed E-state index contributed by atoms with van der Waals surface area (Å²) >= 11 is 0. The van der Waals surface area contributed by atoms with Crippen LogP contribution < -0.4 is 4.18 Å². The largest absolute Gasteiger partial charge is 0.382 e. The lowest BCUT2D eigenvalue weighted by Gasteiger charge is -2.29. The molecule has 0 saturated carbocycles. The minimum atomic E-state index is -3.59. The maximum atomic E-state index is 13.3. The Kier molecular flexibility index (Phi) is 7.70. The molecule has 6 heteroatoms. The Bertz CT molecular complexity index is 959. The highest BCUT2D eigenvalue weighted by Crippen LogP contribution is 2.24. The first-order valence-electron chi connectivity index (χ1n) is 10.4. The summed E-state index contributed by atoms with van der Waals surface area (Å²) in [5.74, 6) is 0.122. The van der Waals surface area contributed by atoms with Crippen LogP contribution in [0.4, 0.5) is 0 Å². The van der Waals surface area contributed by atoms with Crippen molar-refractivity contribution in [2.75, 3.05) is 5.75 Å². The highest BCUT2D eigenvalue weighted by molar-refractivity contribution is 7.87. The molecule has 1 amide bonds. The number of amides is 1. The van der Waals surface area contributed by atoms with Gasteiger partial charge in [-0.15, -0.1) is 0 Å². The predicted molar refractivity (Wildman–Crippen MR) is 121 cm³/mol. The molecule has 0 saturated heterocycles. The molecular weight excluding hydrogens is 398 g/mol. The number of hydrogen-bond acceptors (Lipinski definition) is 4. The summed E-state index contributed by atoms with van der Waals surface area (Å²) in [6.07, 6.45) is 0.812. The summed E-state index contributed by atoms with van der Waals surface area (Å²) < 4.78 is 28.6. The first kappa shape index (κ1) is 23.9. The second kappa shape index (κ2) is 9.65. The van der Waals surface area contributed by atoms with Crippen LogP contribution >= 0.6 is 0 Å². The SMILES string of the molecule is CCC(C)N(Cc1cccc(OS(=O)(=O)CC)c1)C(=O)c1ccc(C(C)(C)C)cc1.